The van der Waals surface area contributed by atoms with E-state index in [0.29, 0.717) is 0 Å². The molecule has 0 saturated carbocycles. The van der Waals surface area contributed by atoms with Crippen molar-refractivity contribution in [3.05, 3.63) is 70.8 Å². The minimum Gasteiger partial charge on any atom is -0.481 e. The maximum Gasteiger partial charge on any atom is 0.308 e. The second-order valence-corrected chi connectivity index (χ2v) is 6.58. The van der Waals surface area contributed by atoms with Gasteiger partial charge in [-0.05, 0) is 22.3 Å². The zero-order valence-electron chi connectivity index (χ0n) is 10.7. The van der Waals surface area contributed by atoms with Crippen molar-refractivity contribution in [2.45, 2.75) is 16.7 Å². The molecule has 2 aromatic rings. The van der Waals surface area contributed by atoms with Gasteiger partial charge in [0.05, 0.1) is 5.92 Å². The fourth-order valence-electron chi connectivity index (χ4n) is 3.89. The number of carbonyl (C=O) groups is 1. The summed E-state index contributed by atoms with van der Waals surface area (Å²) in [5.74, 6) is -1.03. The lowest BCUT2D eigenvalue weighted by Gasteiger charge is -2.47. The molecular formula is C17H13BrO2. The van der Waals surface area contributed by atoms with Crippen LogP contribution in [-0.4, -0.2) is 15.9 Å². The summed E-state index contributed by atoms with van der Waals surface area (Å²) in [5, 5.41) is 9.65. The molecule has 0 heterocycles. The molecule has 3 aliphatic rings. The van der Waals surface area contributed by atoms with Crippen molar-refractivity contribution in [3.63, 3.8) is 0 Å². The van der Waals surface area contributed by atoms with Crippen molar-refractivity contribution < 1.29 is 9.90 Å². The second-order valence-electron chi connectivity index (χ2n) is 5.52. The monoisotopic (exact) mass is 328 g/mol. The average molecular weight is 329 g/mol. The summed E-state index contributed by atoms with van der Waals surface area (Å²) in [6, 6.07) is 16.5. The third-order valence-corrected chi connectivity index (χ3v) is 5.74. The predicted octanol–water partition coefficient (Wildman–Crippen LogP) is 3.74. The molecule has 2 aromatic carbocycles. The third-order valence-electron chi connectivity index (χ3n) is 4.64. The van der Waals surface area contributed by atoms with Gasteiger partial charge in [-0.25, -0.2) is 0 Å². The molecule has 2 bridgehead atoms. The van der Waals surface area contributed by atoms with Crippen LogP contribution in [0.25, 0.3) is 0 Å². The van der Waals surface area contributed by atoms with Gasteiger partial charge in [-0.15, -0.1) is 0 Å². The van der Waals surface area contributed by atoms with Gasteiger partial charge in [-0.1, -0.05) is 64.5 Å². The molecular weight excluding hydrogens is 316 g/mol. The standard InChI is InChI=1S/C17H13BrO2/c18-16-14-11-7-3-1-5-9(11)13(15(16)17(19)20)10-6-2-4-8-12(10)14/h1-8,13-16H,(H,19,20). The number of halogens is 1. The average Bonchev–Trinajstić information content (AvgIpc) is 2.47. The quantitative estimate of drug-likeness (QED) is 0.809. The minimum absolute atomic E-state index is 0.0465. The van der Waals surface area contributed by atoms with Crippen LogP contribution in [-0.2, 0) is 4.79 Å². The maximum absolute atomic E-state index is 11.7. The number of benzene rings is 2. The molecule has 3 aliphatic carbocycles. The molecule has 100 valence electrons. The molecule has 0 saturated heterocycles. The molecule has 0 aliphatic heterocycles. The largest absolute Gasteiger partial charge is 0.481 e. The van der Waals surface area contributed by atoms with Gasteiger partial charge in [0, 0.05) is 16.7 Å². The zero-order chi connectivity index (χ0) is 13.9. The summed E-state index contributed by atoms with van der Waals surface area (Å²) in [5.41, 5.74) is 4.91. The number of hydrogen-bond acceptors (Lipinski definition) is 1. The van der Waals surface area contributed by atoms with Crippen molar-refractivity contribution in [2.75, 3.05) is 0 Å². The van der Waals surface area contributed by atoms with Gasteiger partial charge in [0.1, 0.15) is 0 Å². The summed E-state index contributed by atoms with van der Waals surface area (Å²) in [7, 11) is 0. The summed E-state index contributed by atoms with van der Waals surface area (Å²) in [6.45, 7) is 0. The van der Waals surface area contributed by atoms with E-state index >= 15 is 0 Å². The van der Waals surface area contributed by atoms with E-state index in [1.54, 1.807) is 0 Å². The van der Waals surface area contributed by atoms with Crippen molar-refractivity contribution in [3.8, 4) is 0 Å². The molecule has 0 aromatic heterocycles. The topological polar surface area (TPSA) is 37.3 Å². The molecule has 0 spiro atoms. The highest BCUT2D eigenvalue weighted by Crippen LogP contribution is 2.57. The molecule has 2 atom stereocenters. The first-order chi connectivity index (χ1) is 9.70. The van der Waals surface area contributed by atoms with Crippen molar-refractivity contribution >= 4 is 21.9 Å². The lowest BCUT2D eigenvalue weighted by molar-refractivity contribution is -0.142. The Morgan fingerprint density at radius 2 is 1.25 bits per heavy atom. The van der Waals surface area contributed by atoms with Gasteiger partial charge in [-0.3, -0.25) is 4.79 Å². The number of alkyl halides is 1. The Labute approximate surface area is 125 Å². The Morgan fingerprint density at radius 1 is 0.850 bits per heavy atom. The Kier molecular flexibility index (Phi) is 2.55. The highest BCUT2D eigenvalue weighted by Gasteiger charge is 2.51. The molecule has 0 fully saturated rings. The number of carboxylic acid groups (broad SMARTS) is 1. The summed E-state index contributed by atoms with van der Waals surface area (Å²) in [4.78, 5) is 11.7. The van der Waals surface area contributed by atoms with Crippen LogP contribution in [0.4, 0.5) is 0 Å². The molecule has 3 heteroatoms. The fraction of sp³-hybridized carbons (Fsp3) is 0.235. The van der Waals surface area contributed by atoms with Gasteiger partial charge >= 0.3 is 5.97 Å². The Balaban J connectivity index is 2.04. The Morgan fingerprint density at radius 3 is 1.65 bits per heavy atom. The van der Waals surface area contributed by atoms with Crippen LogP contribution >= 0.6 is 15.9 Å². The molecule has 5 rings (SSSR count). The van der Waals surface area contributed by atoms with E-state index in [1.165, 1.54) is 22.3 Å². The summed E-state index contributed by atoms with van der Waals surface area (Å²) in [6.07, 6.45) is 0. The van der Waals surface area contributed by atoms with Crippen molar-refractivity contribution in [1.82, 2.24) is 0 Å². The first kappa shape index (κ1) is 12.2. The van der Waals surface area contributed by atoms with Crippen LogP contribution in [0.3, 0.4) is 0 Å². The molecule has 2 unspecified atom stereocenters. The smallest absolute Gasteiger partial charge is 0.308 e. The van der Waals surface area contributed by atoms with E-state index in [2.05, 4.69) is 40.2 Å². The van der Waals surface area contributed by atoms with E-state index in [9.17, 15) is 9.90 Å². The molecule has 0 radical (unpaired) electrons. The number of hydrogen-bond donors (Lipinski definition) is 1. The Bertz CT molecular complexity index is 662. The zero-order valence-corrected chi connectivity index (χ0v) is 12.2. The molecule has 1 N–H and O–H groups in total. The van der Waals surface area contributed by atoms with Crippen LogP contribution < -0.4 is 0 Å². The predicted molar refractivity (Wildman–Crippen MR) is 80.4 cm³/mol. The number of rotatable bonds is 1. The highest BCUT2D eigenvalue weighted by atomic mass is 79.9. The van der Waals surface area contributed by atoms with Crippen LogP contribution in [0.1, 0.15) is 34.1 Å². The Hall–Kier alpha value is -1.61. The maximum atomic E-state index is 11.7. The second kappa shape index (κ2) is 4.19. The summed E-state index contributed by atoms with van der Waals surface area (Å²) >= 11 is 3.67. The van der Waals surface area contributed by atoms with Crippen LogP contribution in [0.5, 0.6) is 0 Å². The summed E-state index contributed by atoms with van der Waals surface area (Å²) < 4.78 is 0. The van der Waals surface area contributed by atoms with Gasteiger partial charge < -0.3 is 5.11 Å². The number of aliphatic carboxylic acids is 1. The SMILES string of the molecule is O=C(O)C1C2c3ccccc3C(c3ccccc32)C1Br. The lowest BCUT2D eigenvalue weighted by Crippen LogP contribution is -2.44. The first-order valence-electron chi connectivity index (χ1n) is 6.74. The van der Waals surface area contributed by atoms with E-state index < -0.39 is 11.9 Å². The minimum atomic E-state index is -0.717. The van der Waals surface area contributed by atoms with Crippen LogP contribution in [0.2, 0.25) is 0 Å². The van der Waals surface area contributed by atoms with E-state index in [-0.39, 0.29) is 16.7 Å². The fourth-order valence-corrected chi connectivity index (χ4v) is 4.99. The van der Waals surface area contributed by atoms with Gasteiger partial charge in [0.25, 0.3) is 0 Å². The third kappa shape index (κ3) is 1.41. The molecule has 0 amide bonds. The van der Waals surface area contributed by atoms with E-state index in [1.807, 2.05) is 24.3 Å². The number of carboxylic acids is 1. The van der Waals surface area contributed by atoms with E-state index in [4.69, 9.17) is 0 Å². The molecule has 2 nitrogen and oxygen atoms in total. The van der Waals surface area contributed by atoms with E-state index in [0.717, 1.165) is 0 Å². The van der Waals surface area contributed by atoms with Crippen molar-refractivity contribution in [1.29, 1.82) is 0 Å². The van der Waals surface area contributed by atoms with Gasteiger partial charge in [-0.2, -0.15) is 0 Å². The molecule has 20 heavy (non-hydrogen) atoms. The van der Waals surface area contributed by atoms with Crippen LogP contribution in [0.15, 0.2) is 48.5 Å². The van der Waals surface area contributed by atoms with Gasteiger partial charge in [0.2, 0.25) is 0 Å². The lowest BCUT2D eigenvalue weighted by atomic mass is 9.59. The highest BCUT2D eigenvalue weighted by molar-refractivity contribution is 9.09. The van der Waals surface area contributed by atoms with Crippen LogP contribution in [0, 0.1) is 5.92 Å². The number of fused-ring (bicyclic) bond motifs is 1. The van der Waals surface area contributed by atoms with Crippen molar-refractivity contribution in [2.24, 2.45) is 5.92 Å². The normalized spacial score (nSPS) is 29.6. The first-order valence-corrected chi connectivity index (χ1v) is 7.66. The van der Waals surface area contributed by atoms with Gasteiger partial charge in [0.15, 0.2) is 0 Å².